The van der Waals surface area contributed by atoms with E-state index in [1.54, 1.807) is 0 Å². The molecule has 0 saturated heterocycles. The Morgan fingerprint density at radius 2 is 1.93 bits per heavy atom. The molecular weight excluding hydrogens is 362 g/mol. The molecule has 0 aliphatic rings. The molecule has 0 fully saturated rings. The van der Waals surface area contributed by atoms with Crippen molar-refractivity contribution in [3.05, 3.63) is 57.6 Å². The second kappa shape index (κ2) is 9.37. The summed E-state index contributed by atoms with van der Waals surface area (Å²) < 4.78 is 10.6. The number of hydrogen-bond acceptors (Lipinski definition) is 6. The van der Waals surface area contributed by atoms with Gasteiger partial charge in [0.25, 0.3) is 11.6 Å². The van der Waals surface area contributed by atoms with Gasteiger partial charge in [0.05, 0.1) is 30.6 Å². The van der Waals surface area contributed by atoms with Crippen LogP contribution >= 0.6 is 0 Å². The first-order valence-corrected chi connectivity index (χ1v) is 8.57. The number of nitrogens with zero attached hydrogens (tertiary/aromatic N) is 3. The van der Waals surface area contributed by atoms with Crippen molar-refractivity contribution < 1.29 is 19.2 Å². The lowest BCUT2D eigenvalue weighted by Crippen LogP contribution is -2.35. The summed E-state index contributed by atoms with van der Waals surface area (Å²) in [7, 11) is 1.41. The van der Waals surface area contributed by atoms with E-state index in [0.29, 0.717) is 5.69 Å². The van der Waals surface area contributed by atoms with Crippen molar-refractivity contribution in [2.75, 3.05) is 25.2 Å². The molecule has 0 saturated carbocycles. The number of carbonyl (C=O) groups is 1. The summed E-state index contributed by atoms with van der Waals surface area (Å²) in [6.45, 7) is 3.78. The molecule has 0 atom stereocenters. The molecule has 0 aliphatic heterocycles. The number of non-ortho nitro benzene ring substituents is 1. The number of nitro benzene ring substituents is 1. The number of aryl methyl sites for hydroxylation is 2. The molecule has 0 unspecified atom stereocenters. The summed E-state index contributed by atoms with van der Waals surface area (Å²) >= 11 is 0. The van der Waals surface area contributed by atoms with Gasteiger partial charge in [0.1, 0.15) is 0 Å². The van der Waals surface area contributed by atoms with Gasteiger partial charge < -0.3 is 14.4 Å². The van der Waals surface area contributed by atoms with Crippen LogP contribution < -0.4 is 14.4 Å². The number of ether oxygens (including phenoxy) is 2. The highest BCUT2D eigenvalue weighted by Crippen LogP contribution is 2.31. The summed E-state index contributed by atoms with van der Waals surface area (Å²) in [6.07, 6.45) is 0.165. The first kappa shape index (κ1) is 20.7. The van der Waals surface area contributed by atoms with Crippen LogP contribution in [0.3, 0.4) is 0 Å². The fourth-order valence-corrected chi connectivity index (χ4v) is 2.56. The van der Waals surface area contributed by atoms with Crippen molar-refractivity contribution >= 4 is 17.3 Å². The van der Waals surface area contributed by atoms with Crippen molar-refractivity contribution in [3.63, 3.8) is 0 Å². The zero-order chi connectivity index (χ0) is 20.7. The average Bonchev–Trinajstić information content (AvgIpc) is 2.68. The number of amides is 1. The van der Waals surface area contributed by atoms with Crippen molar-refractivity contribution in [1.82, 2.24) is 0 Å². The topological polar surface area (TPSA) is 106 Å². The van der Waals surface area contributed by atoms with E-state index in [0.717, 1.165) is 11.1 Å². The Labute approximate surface area is 163 Å². The summed E-state index contributed by atoms with van der Waals surface area (Å²) in [4.78, 5) is 24.6. The van der Waals surface area contributed by atoms with E-state index < -0.39 is 4.92 Å². The molecule has 2 aromatic carbocycles. The maximum Gasteiger partial charge on any atom is 0.273 e. The number of hydrogen-bond donors (Lipinski definition) is 0. The predicted octanol–water partition coefficient (Wildman–Crippen LogP) is 3.55. The number of nitriles is 1. The van der Waals surface area contributed by atoms with Gasteiger partial charge in [-0.15, -0.1) is 0 Å². The maximum atomic E-state index is 12.8. The molecule has 0 heterocycles. The van der Waals surface area contributed by atoms with E-state index in [2.05, 4.69) is 0 Å². The van der Waals surface area contributed by atoms with Gasteiger partial charge in [0.15, 0.2) is 18.1 Å². The number of carbonyl (C=O) groups excluding carboxylic acids is 1. The summed E-state index contributed by atoms with van der Waals surface area (Å²) in [5, 5.41) is 19.9. The fourth-order valence-electron chi connectivity index (χ4n) is 2.56. The van der Waals surface area contributed by atoms with Gasteiger partial charge in [0.2, 0.25) is 0 Å². The van der Waals surface area contributed by atoms with Crippen molar-refractivity contribution in [2.24, 2.45) is 0 Å². The molecular formula is C20H21N3O5. The van der Waals surface area contributed by atoms with Gasteiger partial charge in [-0.2, -0.15) is 5.26 Å². The van der Waals surface area contributed by atoms with Gasteiger partial charge in [-0.25, -0.2) is 0 Å². The SMILES string of the molecule is COc1ccc([N+](=O)[O-])cc1OCC(=O)N(CCC#N)c1ccc(C)c(C)c1. The third-order valence-electron chi connectivity index (χ3n) is 4.26. The van der Waals surface area contributed by atoms with Crippen LogP contribution in [-0.4, -0.2) is 31.1 Å². The van der Waals surface area contributed by atoms with Crippen molar-refractivity contribution in [3.8, 4) is 17.6 Å². The minimum Gasteiger partial charge on any atom is -0.493 e. The molecule has 146 valence electrons. The molecule has 0 radical (unpaired) electrons. The number of anilines is 1. The van der Waals surface area contributed by atoms with Crippen LogP contribution in [0.2, 0.25) is 0 Å². The van der Waals surface area contributed by atoms with E-state index in [1.807, 2.05) is 38.1 Å². The Hall–Kier alpha value is -3.60. The largest absolute Gasteiger partial charge is 0.493 e. The van der Waals surface area contributed by atoms with E-state index >= 15 is 0 Å². The summed E-state index contributed by atoms with van der Waals surface area (Å²) in [5.41, 5.74) is 2.61. The standard InChI is InChI=1S/C20H21N3O5/c1-14-5-6-16(11-15(14)2)22(10-4-9-21)20(24)13-28-19-12-17(23(25)26)7-8-18(19)27-3/h5-8,11-12H,4,10,13H2,1-3H3. The molecule has 0 N–H and O–H groups in total. The lowest BCUT2D eigenvalue weighted by Gasteiger charge is -2.23. The third kappa shape index (κ3) is 4.98. The van der Waals surface area contributed by atoms with Crippen LogP contribution in [0.25, 0.3) is 0 Å². The second-order valence-electron chi connectivity index (χ2n) is 6.10. The molecule has 28 heavy (non-hydrogen) atoms. The van der Waals surface area contributed by atoms with Gasteiger partial charge in [0, 0.05) is 18.3 Å². The fraction of sp³-hybridized carbons (Fsp3) is 0.300. The molecule has 2 aromatic rings. The Kier molecular flexibility index (Phi) is 6.93. The Balaban J connectivity index is 2.22. The molecule has 8 nitrogen and oxygen atoms in total. The highest BCUT2D eigenvalue weighted by Gasteiger charge is 2.19. The van der Waals surface area contributed by atoms with Crippen LogP contribution in [0.4, 0.5) is 11.4 Å². The predicted molar refractivity (Wildman–Crippen MR) is 104 cm³/mol. The average molecular weight is 383 g/mol. The first-order valence-electron chi connectivity index (χ1n) is 8.57. The summed E-state index contributed by atoms with van der Waals surface area (Å²) in [5.74, 6) is 0.0191. The zero-order valence-electron chi connectivity index (χ0n) is 16.0. The summed E-state index contributed by atoms with van der Waals surface area (Å²) in [6, 6.07) is 11.5. The lowest BCUT2D eigenvalue weighted by molar-refractivity contribution is -0.385. The van der Waals surface area contributed by atoms with Crippen LogP contribution in [0.15, 0.2) is 36.4 Å². The Morgan fingerprint density at radius 1 is 1.18 bits per heavy atom. The molecule has 8 heteroatoms. The smallest absolute Gasteiger partial charge is 0.273 e. The van der Waals surface area contributed by atoms with E-state index in [4.69, 9.17) is 14.7 Å². The Bertz CT molecular complexity index is 921. The minimum atomic E-state index is -0.553. The maximum absolute atomic E-state index is 12.8. The second-order valence-corrected chi connectivity index (χ2v) is 6.10. The third-order valence-corrected chi connectivity index (χ3v) is 4.26. The Morgan fingerprint density at radius 3 is 2.54 bits per heavy atom. The zero-order valence-corrected chi connectivity index (χ0v) is 16.0. The van der Waals surface area contributed by atoms with Crippen LogP contribution in [-0.2, 0) is 4.79 Å². The molecule has 2 rings (SSSR count). The molecule has 0 aromatic heterocycles. The number of nitro groups is 1. The molecule has 0 bridgehead atoms. The quantitative estimate of drug-likeness (QED) is 0.510. The number of rotatable bonds is 8. The van der Waals surface area contributed by atoms with Crippen molar-refractivity contribution in [1.29, 1.82) is 5.26 Å². The van der Waals surface area contributed by atoms with Gasteiger partial charge in [-0.05, 0) is 43.2 Å². The first-order chi connectivity index (χ1) is 13.4. The highest BCUT2D eigenvalue weighted by molar-refractivity contribution is 5.94. The molecule has 0 aliphatic carbocycles. The number of methoxy groups -OCH3 is 1. The highest BCUT2D eigenvalue weighted by atomic mass is 16.6. The van der Waals surface area contributed by atoms with Gasteiger partial charge in [-0.3, -0.25) is 14.9 Å². The molecule has 0 spiro atoms. The van der Waals surface area contributed by atoms with Crippen molar-refractivity contribution in [2.45, 2.75) is 20.3 Å². The number of benzene rings is 2. The van der Waals surface area contributed by atoms with E-state index in [-0.39, 0.29) is 42.7 Å². The van der Waals surface area contributed by atoms with Crippen LogP contribution in [0, 0.1) is 35.3 Å². The van der Waals surface area contributed by atoms with E-state index in [1.165, 1.54) is 30.2 Å². The van der Waals surface area contributed by atoms with Crippen LogP contribution in [0.5, 0.6) is 11.5 Å². The van der Waals surface area contributed by atoms with Gasteiger partial charge >= 0.3 is 0 Å². The van der Waals surface area contributed by atoms with E-state index in [9.17, 15) is 14.9 Å². The lowest BCUT2D eigenvalue weighted by atomic mass is 10.1. The normalized spacial score (nSPS) is 10.1. The molecule has 1 amide bonds. The van der Waals surface area contributed by atoms with Crippen LogP contribution in [0.1, 0.15) is 17.5 Å². The van der Waals surface area contributed by atoms with Gasteiger partial charge in [-0.1, -0.05) is 6.07 Å². The minimum absolute atomic E-state index is 0.102. The monoisotopic (exact) mass is 383 g/mol.